The predicted octanol–water partition coefficient (Wildman–Crippen LogP) is 0.402. The van der Waals surface area contributed by atoms with Crippen molar-refractivity contribution in [2.45, 2.75) is 11.8 Å². The number of thiophene rings is 1. The van der Waals surface area contributed by atoms with Crippen LogP contribution in [0.15, 0.2) is 11.0 Å². The summed E-state index contributed by atoms with van der Waals surface area (Å²) in [6.45, 7) is 1.62. The smallest absolute Gasteiger partial charge is 0.296 e. The maximum absolute atomic E-state index is 10.7. The number of hydrogen-bond acceptors (Lipinski definition) is 4. The monoisotopic (exact) mass is 221 g/mol. The topological polar surface area (TPSA) is 97.5 Å². The van der Waals surface area contributed by atoms with Crippen molar-refractivity contribution in [2.24, 2.45) is 5.73 Å². The van der Waals surface area contributed by atoms with Crippen molar-refractivity contribution in [2.75, 3.05) is 0 Å². The quantitative estimate of drug-likeness (QED) is 0.706. The minimum Gasteiger partial charge on any atom is -0.365 e. The standard InChI is InChI=1S/C6H7NO4S2/c1-3-2-4(13(9,10)11)5(12-3)6(7)8/h2H,1H3,(H2,7,8)(H,9,10,11). The normalized spacial score (nSPS) is 11.5. The predicted molar refractivity (Wildman–Crippen MR) is 47.4 cm³/mol. The van der Waals surface area contributed by atoms with E-state index < -0.39 is 20.9 Å². The Labute approximate surface area is 78.9 Å². The molecule has 0 saturated heterocycles. The number of carbonyl (C=O) groups excluding carboxylic acids is 1. The van der Waals surface area contributed by atoms with Crippen LogP contribution in [0.3, 0.4) is 0 Å². The lowest BCUT2D eigenvalue weighted by molar-refractivity contribution is 0.100. The van der Waals surface area contributed by atoms with Gasteiger partial charge in [0.05, 0.1) is 0 Å². The summed E-state index contributed by atoms with van der Waals surface area (Å²) in [5.74, 6) is -0.856. The number of carbonyl (C=O) groups is 1. The Kier molecular flexibility index (Phi) is 2.42. The van der Waals surface area contributed by atoms with Crippen LogP contribution in [0.1, 0.15) is 14.5 Å². The Hall–Kier alpha value is -0.920. The highest BCUT2D eigenvalue weighted by atomic mass is 32.2. The molecule has 1 heterocycles. The maximum atomic E-state index is 10.7. The molecule has 13 heavy (non-hydrogen) atoms. The van der Waals surface area contributed by atoms with E-state index in [1.807, 2.05) is 0 Å². The molecule has 1 amide bonds. The second-order valence-corrected chi connectivity index (χ2v) is 5.04. The molecule has 0 aliphatic carbocycles. The van der Waals surface area contributed by atoms with Crippen LogP contribution in [0.4, 0.5) is 0 Å². The fourth-order valence-corrected chi connectivity index (χ4v) is 2.79. The van der Waals surface area contributed by atoms with Gasteiger partial charge in [-0.05, 0) is 13.0 Å². The second kappa shape index (κ2) is 3.09. The lowest BCUT2D eigenvalue weighted by Crippen LogP contribution is -2.13. The van der Waals surface area contributed by atoms with Crippen molar-refractivity contribution in [3.05, 3.63) is 15.8 Å². The number of rotatable bonds is 2. The Morgan fingerprint density at radius 1 is 1.62 bits per heavy atom. The van der Waals surface area contributed by atoms with Gasteiger partial charge in [0.2, 0.25) is 0 Å². The van der Waals surface area contributed by atoms with Crippen LogP contribution in [0.5, 0.6) is 0 Å². The van der Waals surface area contributed by atoms with E-state index in [0.29, 0.717) is 4.88 Å². The molecular weight excluding hydrogens is 214 g/mol. The summed E-state index contributed by atoms with van der Waals surface area (Å²) in [6, 6.07) is 1.21. The van der Waals surface area contributed by atoms with Gasteiger partial charge in [0, 0.05) is 4.88 Å². The lowest BCUT2D eigenvalue weighted by atomic mass is 10.4. The van der Waals surface area contributed by atoms with E-state index in [1.54, 1.807) is 6.92 Å². The van der Waals surface area contributed by atoms with E-state index in [4.69, 9.17) is 10.3 Å². The van der Waals surface area contributed by atoms with E-state index in [2.05, 4.69) is 0 Å². The first-order valence-corrected chi connectivity index (χ1v) is 5.45. The van der Waals surface area contributed by atoms with Crippen molar-refractivity contribution in [3.63, 3.8) is 0 Å². The van der Waals surface area contributed by atoms with E-state index >= 15 is 0 Å². The molecule has 0 radical (unpaired) electrons. The highest BCUT2D eigenvalue weighted by Crippen LogP contribution is 2.25. The molecule has 0 aromatic carbocycles. The molecule has 0 aliphatic rings. The summed E-state index contributed by atoms with van der Waals surface area (Å²) in [4.78, 5) is 10.8. The van der Waals surface area contributed by atoms with Gasteiger partial charge in [-0.25, -0.2) is 0 Å². The summed E-state index contributed by atoms with van der Waals surface area (Å²) in [5, 5.41) is 0. The van der Waals surface area contributed by atoms with Crippen molar-refractivity contribution >= 4 is 27.4 Å². The van der Waals surface area contributed by atoms with Gasteiger partial charge in [0.1, 0.15) is 9.77 Å². The summed E-state index contributed by atoms with van der Waals surface area (Å²) in [6.07, 6.45) is 0. The molecule has 0 aliphatic heterocycles. The van der Waals surface area contributed by atoms with E-state index in [1.165, 1.54) is 6.07 Å². The van der Waals surface area contributed by atoms with Crippen LogP contribution in [0.25, 0.3) is 0 Å². The first kappa shape index (κ1) is 10.2. The molecule has 0 unspecified atom stereocenters. The molecule has 0 saturated carbocycles. The number of amides is 1. The summed E-state index contributed by atoms with van der Waals surface area (Å²) < 4.78 is 30.2. The average molecular weight is 221 g/mol. The molecule has 1 rings (SSSR count). The Bertz CT molecular complexity index is 445. The molecule has 0 bridgehead atoms. The van der Waals surface area contributed by atoms with Gasteiger partial charge < -0.3 is 5.73 Å². The van der Waals surface area contributed by atoms with Crippen molar-refractivity contribution in [1.82, 2.24) is 0 Å². The number of primary amides is 1. The Morgan fingerprint density at radius 3 is 2.46 bits per heavy atom. The van der Waals surface area contributed by atoms with Gasteiger partial charge in [-0.15, -0.1) is 11.3 Å². The molecule has 1 aromatic heterocycles. The third kappa shape index (κ3) is 2.06. The highest BCUT2D eigenvalue weighted by molar-refractivity contribution is 7.86. The largest absolute Gasteiger partial charge is 0.365 e. The minimum atomic E-state index is -4.35. The van der Waals surface area contributed by atoms with Crippen LogP contribution < -0.4 is 5.73 Å². The number of aryl methyl sites for hydroxylation is 1. The molecule has 0 atom stereocenters. The highest BCUT2D eigenvalue weighted by Gasteiger charge is 2.21. The third-order valence-corrected chi connectivity index (χ3v) is 3.39. The van der Waals surface area contributed by atoms with Crippen molar-refractivity contribution < 1.29 is 17.8 Å². The average Bonchev–Trinajstić information content (AvgIpc) is 2.29. The minimum absolute atomic E-state index is 0.139. The first-order chi connectivity index (χ1) is 5.82. The van der Waals surface area contributed by atoms with Gasteiger partial charge in [0.15, 0.2) is 0 Å². The molecule has 7 heteroatoms. The Morgan fingerprint density at radius 2 is 2.15 bits per heavy atom. The second-order valence-electron chi connectivity index (χ2n) is 2.39. The fraction of sp³-hybridized carbons (Fsp3) is 0.167. The van der Waals surface area contributed by atoms with Gasteiger partial charge in [0.25, 0.3) is 16.0 Å². The van der Waals surface area contributed by atoms with Crippen LogP contribution in [-0.4, -0.2) is 18.9 Å². The van der Waals surface area contributed by atoms with Gasteiger partial charge in [-0.2, -0.15) is 8.42 Å². The van der Waals surface area contributed by atoms with Gasteiger partial charge >= 0.3 is 0 Å². The third-order valence-electron chi connectivity index (χ3n) is 1.32. The SMILES string of the molecule is Cc1cc(S(=O)(=O)O)c(C(N)=O)s1. The summed E-state index contributed by atoms with van der Waals surface area (Å²) in [5.41, 5.74) is 4.92. The molecule has 0 fully saturated rings. The molecule has 5 nitrogen and oxygen atoms in total. The van der Waals surface area contributed by atoms with Gasteiger partial charge in [-0.1, -0.05) is 0 Å². The zero-order valence-electron chi connectivity index (χ0n) is 6.64. The molecule has 1 aromatic rings. The van der Waals surface area contributed by atoms with Crippen LogP contribution >= 0.6 is 11.3 Å². The first-order valence-electron chi connectivity index (χ1n) is 3.20. The van der Waals surface area contributed by atoms with Crippen LogP contribution in [0, 0.1) is 6.92 Å². The van der Waals surface area contributed by atoms with Crippen LogP contribution in [-0.2, 0) is 10.1 Å². The van der Waals surface area contributed by atoms with E-state index in [-0.39, 0.29) is 4.88 Å². The molecule has 0 spiro atoms. The van der Waals surface area contributed by atoms with Gasteiger partial charge in [-0.3, -0.25) is 9.35 Å². The molecule has 72 valence electrons. The molecular formula is C6H7NO4S2. The number of nitrogens with two attached hydrogens (primary N) is 1. The maximum Gasteiger partial charge on any atom is 0.296 e. The fourth-order valence-electron chi connectivity index (χ4n) is 0.854. The lowest BCUT2D eigenvalue weighted by Gasteiger charge is -1.93. The summed E-state index contributed by atoms with van der Waals surface area (Å²) in [7, 11) is -4.35. The van der Waals surface area contributed by atoms with E-state index in [0.717, 1.165) is 11.3 Å². The zero-order chi connectivity index (χ0) is 10.2. The summed E-state index contributed by atoms with van der Waals surface area (Å²) >= 11 is 0.936. The van der Waals surface area contributed by atoms with Crippen molar-refractivity contribution in [3.8, 4) is 0 Å². The van der Waals surface area contributed by atoms with E-state index in [9.17, 15) is 13.2 Å². The molecule has 3 N–H and O–H groups in total. The zero-order valence-corrected chi connectivity index (χ0v) is 8.28. The Balaban J connectivity index is 3.46. The van der Waals surface area contributed by atoms with Crippen molar-refractivity contribution in [1.29, 1.82) is 0 Å². The number of hydrogen-bond donors (Lipinski definition) is 2. The van der Waals surface area contributed by atoms with Crippen LogP contribution in [0.2, 0.25) is 0 Å².